The van der Waals surface area contributed by atoms with E-state index in [0.717, 1.165) is 30.7 Å². The zero-order chi connectivity index (χ0) is 12.8. The molecule has 2 heterocycles. The maximum Gasteiger partial charge on any atom is 0.0959 e. The molecule has 0 amide bonds. The van der Waals surface area contributed by atoms with Gasteiger partial charge in [-0.25, -0.2) is 0 Å². The molecule has 0 fully saturated rings. The van der Waals surface area contributed by atoms with Crippen molar-refractivity contribution in [2.24, 2.45) is 5.92 Å². The first kappa shape index (κ1) is 13.5. The number of hydrogen-bond donors (Lipinski definition) is 1. The first-order chi connectivity index (χ1) is 8.75. The molecule has 2 bridgehead atoms. The molecule has 2 heteroatoms. The van der Waals surface area contributed by atoms with Gasteiger partial charge in [0.15, 0.2) is 0 Å². The van der Waals surface area contributed by atoms with Crippen LogP contribution in [0.1, 0.15) is 69.4 Å². The highest BCUT2D eigenvalue weighted by atomic mass is 16.3. The van der Waals surface area contributed by atoms with E-state index < -0.39 is 0 Å². The van der Waals surface area contributed by atoms with Crippen molar-refractivity contribution in [3.63, 3.8) is 0 Å². The van der Waals surface area contributed by atoms with E-state index in [4.69, 9.17) is 0 Å². The van der Waals surface area contributed by atoms with E-state index in [9.17, 15) is 5.11 Å². The number of pyridine rings is 1. The molecule has 100 valence electrons. The van der Waals surface area contributed by atoms with Crippen molar-refractivity contribution in [1.29, 1.82) is 0 Å². The minimum absolute atomic E-state index is 0.374. The SMILES string of the molecule is C[C@@H]1CCCCCCC[C@H](O)c2cccc(n2)C1. The van der Waals surface area contributed by atoms with Gasteiger partial charge in [0.1, 0.15) is 0 Å². The van der Waals surface area contributed by atoms with Crippen LogP contribution < -0.4 is 0 Å². The normalized spacial score (nSPS) is 26.8. The highest BCUT2D eigenvalue weighted by molar-refractivity contribution is 5.13. The fourth-order valence-corrected chi connectivity index (χ4v) is 2.77. The van der Waals surface area contributed by atoms with E-state index in [-0.39, 0.29) is 6.10 Å². The Hall–Kier alpha value is -0.890. The topological polar surface area (TPSA) is 33.1 Å². The lowest BCUT2D eigenvalue weighted by Crippen LogP contribution is -2.05. The van der Waals surface area contributed by atoms with E-state index in [0.29, 0.717) is 5.92 Å². The summed E-state index contributed by atoms with van der Waals surface area (Å²) >= 11 is 0. The molecule has 0 aromatic carbocycles. The molecule has 1 aliphatic heterocycles. The molecule has 18 heavy (non-hydrogen) atoms. The smallest absolute Gasteiger partial charge is 0.0959 e. The number of rotatable bonds is 0. The average Bonchev–Trinajstić information content (AvgIpc) is 2.37. The summed E-state index contributed by atoms with van der Waals surface area (Å²) in [6.45, 7) is 2.31. The van der Waals surface area contributed by atoms with Crippen LogP contribution >= 0.6 is 0 Å². The van der Waals surface area contributed by atoms with Gasteiger partial charge in [0.05, 0.1) is 11.8 Å². The second-order valence-electron chi connectivity index (χ2n) is 5.72. The third-order valence-electron chi connectivity index (χ3n) is 3.90. The Morgan fingerprint density at radius 3 is 2.61 bits per heavy atom. The van der Waals surface area contributed by atoms with Crippen molar-refractivity contribution in [1.82, 2.24) is 4.98 Å². The number of aromatic nitrogens is 1. The number of nitrogens with zero attached hydrogens (tertiary/aromatic N) is 1. The molecule has 0 aliphatic carbocycles. The van der Waals surface area contributed by atoms with Gasteiger partial charge in [-0.05, 0) is 30.9 Å². The van der Waals surface area contributed by atoms with Crippen molar-refractivity contribution in [2.75, 3.05) is 0 Å². The second kappa shape index (κ2) is 6.89. The summed E-state index contributed by atoms with van der Waals surface area (Å²) in [6, 6.07) is 6.08. The standard InChI is InChI=1S/C16H25NO/c1-13-8-5-3-2-4-6-11-16(18)15-10-7-9-14(12-13)17-15/h7,9-10,13,16,18H,2-6,8,11-12H2,1H3/t13-,16+/m1/s1. The quantitative estimate of drug-likeness (QED) is 0.750. The van der Waals surface area contributed by atoms with Gasteiger partial charge in [-0.2, -0.15) is 0 Å². The van der Waals surface area contributed by atoms with Crippen LogP contribution in [0.3, 0.4) is 0 Å². The highest BCUT2D eigenvalue weighted by Gasteiger charge is 2.12. The number of fused-ring (bicyclic) bond motifs is 2. The number of aliphatic hydroxyl groups excluding tert-OH is 1. The van der Waals surface area contributed by atoms with E-state index >= 15 is 0 Å². The fraction of sp³-hybridized carbons (Fsp3) is 0.688. The van der Waals surface area contributed by atoms with E-state index in [1.165, 1.54) is 32.1 Å². The fourth-order valence-electron chi connectivity index (χ4n) is 2.77. The van der Waals surface area contributed by atoms with E-state index in [1.807, 2.05) is 12.1 Å². The van der Waals surface area contributed by atoms with Crippen LogP contribution in [0, 0.1) is 5.92 Å². The lowest BCUT2D eigenvalue weighted by Gasteiger charge is -2.12. The number of hydrogen-bond acceptors (Lipinski definition) is 2. The lowest BCUT2D eigenvalue weighted by atomic mass is 9.97. The summed E-state index contributed by atoms with van der Waals surface area (Å²) in [5.74, 6) is 0.700. The molecule has 1 N–H and O–H groups in total. The van der Waals surface area contributed by atoms with Gasteiger partial charge in [0.25, 0.3) is 0 Å². The predicted octanol–water partition coefficient (Wildman–Crippen LogP) is 4.04. The lowest BCUT2D eigenvalue weighted by molar-refractivity contribution is 0.158. The largest absolute Gasteiger partial charge is 0.387 e. The van der Waals surface area contributed by atoms with Crippen LogP contribution in [0.25, 0.3) is 0 Å². The second-order valence-corrected chi connectivity index (χ2v) is 5.72. The molecule has 1 aromatic heterocycles. The zero-order valence-electron chi connectivity index (χ0n) is 11.4. The zero-order valence-corrected chi connectivity index (χ0v) is 11.4. The Bertz CT molecular complexity index is 364. The Morgan fingerprint density at radius 1 is 1.06 bits per heavy atom. The third kappa shape index (κ3) is 4.09. The van der Waals surface area contributed by atoms with Crippen LogP contribution in [-0.2, 0) is 6.42 Å². The Kier molecular flexibility index (Phi) is 5.18. The molecule has 0 saturated carbocycles. The summed E-state index contributed by atoms with van der Waals surface area (Å²) < 4.78 is 0. The minimum Gasteiger partial charge on any atom is -0.387 e. The first-order valence-electron chi connectivity index (χ1n) is 7.39. The van der Waals surface area contributed by atoms with Gasteiger partial charge in [-0.1, -0.05) is 51.5 Å². The Labute approximate surface area is 110 Å². The van der Waals surface area contributed by atoms with E-state index in [2.05, 4.69) is 18.0 Å². The predicted molar refractivity (Wildman–Crippen MR) is 74.4 cm³/mol. The Morgan fingerprint density at radius 2 is 1.78 bits per heavy atom. The first-order valence-corrected chi connectivity index (χ1v) is 7.39. The van der Waals surface area contributed by atoms with Crippen molar-refractivity contribution in [2.45, 2.75) is 64.4 Å². The summed E-state index contributed by atoms with van der Waals surface area (Å²) in [4.78, 5) is 4.62. The van der Waals surface area contributed by atoms with Crippen molar-refractivity contribution >= 4 is 0 Å². The van der Waals surface area contributed by atoms with Crippen LogP contribution in [0.15, 0.2) is 18.2 Å². The van der Waals surface area contributed by atoms with Gasteiger partial charge in [0, 0.05) is 5.69 Å². The molecule has 2 nitrogen and oxygen atoms in total. The summed E-state index contributed by atoms with van der Waals surface area (Å²) in [5.41, 5.74) is 2.00. The molecular weight excluding hydrogens is 222 g/mol. The van der Waals surface area contributed by atoms with Crippen LogP contribution in [0.5, 0.6) is 0 Å². The minimum atomic E-state index is -0.374. The molecular formula is C16H25NO. The van der Waals surface area contributed by atoms with Gasteiger partial charge >= 0.3 is 0 Å². The average molecular weight is 247 g/mol. The van der Waals surface area contributed by atoms with Gasteiger partial charge in [-0.3, -0.25) is 4.98 Å². The summed E-state index contributed by atoms with van der Waals surface area (Å²) in [6.07, 6.45) is 9.16. The van der Waals surface area contributed by atoms with E-state index in [1.54, 1.807) is 0 Å². The molecule has 2 atom stereocenters. The maximum atomic E-state index is 10.1. The molecule has 1 aliphatic rings. The van der Waals surface area contributed by atoms with Gasteiger partial charge in [0.2, 0.25) is 0 Å². The molecule has 1 aromatic rings. The van der Waals surface area contributed by atoms with Crippen molar-refractivity contribution < 1.29 is 5.11 Å². The van der Waals surface area contributed by atoms with Crippen molar-refractivity contribution in [3.05, 3.63) is 29.6 Å². The van der Waals surface area contributed by atoms with Gasteiger partial charge in [-0.15, -0.1) is 0 Å². The number of aliphatic hydroxyl groups is 1. The molecule has 0 spiro atoms. The highest BCUT2D eigenvalue weighted by Crippen LogP contribution is 2.22. The molecule has 0 saturated heterocycles. The summed E-state index contributed by atoms with van der Waals surface area (Å²) in [7, 11) is 0. The van der Waals surface area contributed by atoms with Crippen LogP contribution in [-0.4, -0.2) is 10.1 Å². The van der Waals surface area contributed by atoms with Crippen LogP contribution in [0.2, 0.25) is 0 Å². The monoisotopic (exact) mass is 247 g/mol. The maximum absolute atomic E-state index is 10.1. The Balaban J connectivity index is 2.09. The third-order valence-corrected chi connectivity index (χ3v) is 3.90. The molecule has 0 radical (unpaired) electrons. The van der Waals surface area contributed by atoms with Gasteiger partial charge < -0.3 is 5.11 Å². The molecule has 2 rings (SSSR count). The van der Waals surface area contributed by atoms with Crippen molar-refractivity contribution in [3.8, 4) is 0 Å². The molecule has 0 unspecified atom stereocenters. The van der Waals surface area contributed by atoms with Crippen LogP contribution in [0.4, 0.5) is 0 Å². The summed E-state index contributed by atoms with van der Waals surface area (Å²) in [5, 5.41) is 10.1.